The molecule has 234 valence electrons. The second kappa shape index (κ2) is 16.0. The molecule has 1 unspecified atom stereocenters. The molecule has 8 nitrogen and oxygen atoms in total. The Morgan fingerprint density at radius 1 is 0.886 bits per heavy atom. The molecule has 0 spiro atoms. The standard InChI is InChI=1S/C36H44N2O6/c1-5-8-23-43-30-20-17-28(24-31(30)42-4)33-32(35(40)36(41)38(33)22-12-21-37(6-2)7-3)34(39)27-15-18-29(19-16-27)44-25-26-13-10-9-11-14-26/h9-11,13-20,24,33,39H,5-8,12,21-23,25H2,1-4H3. The third-order valence-electron chi connectivity index (χ3n) is 7.94. The first kappa shape index (κ1) is 32.6. The summed E-state index contributed by atoms with van der Waals surface area (Å²) in [6.07, 6.45) is 2.60. The molecule has 1 N–H and O–H groups in total. The van der Waals surface area contributed by atoms with Crippen LogP contribution >= 0.6 is 0 Å². The van der Waals surface area contributed by atoms with Gasteiger partial charge in [-0.2, -0.15) is 0 Å². The average Bonchev–Trinajstić information content (AvgIpc) is 3.31. The highest BCUT2D eigenvalue weighted by Crippen LogP contribution is 2.42. The van der Waals surface area contributed by atoms with Crippen LogP contribution in [0.5, 0.6) is 17.2 Å². The molecule has 1 fully saturated rings. The van der Waals surface area contributed by atoms with Gasteiger partial charge in [0, 0.05) is 12.1 Å². The molecular formula is C36H44N2O6. The fourth-order valence-electron chi connectivity index (χ4n) is 5.37. The molecule has 44 heavy (non-hydrogen) atoms. The van der Waals surface area contributed by atoms with E-state index < -0.39 is 17.7 Å². The second-order valence-corrected chi connectivity index (χ2v) is 10.8. The van der Waals surface area contributed by atoms with Crippen LogP contribution in [0.3, 0.4) is 0 Å². The highest BCUT2D eigenvalue weighted by molar-refractivity contribution is 6.46. The summed E-state index contributed by atoms with van der Waals surface area (Å²) in [6, 6.07) is 21.4. The van der Waals surface area contributed by atoms with Gasteiger partial charge in [-0.05, 0) is 80.0 Å². The SMILES string of the molecule is CCCCOc1ccc(C2C(=C(O)c3ccc(OCc4ccccc4)cc3)C(=O)C(=O)N2CCCN(CC)CC)cc1OC. The monoisotopic (exact) mass is 600 g/mol. The summed E-state index contributed by atoms with van der Waals surface area (Å²) in [6.45, 7) is 10.2. The fraction of sp³-hybridized carbons (Fsp3) is 0.389. The average molecular weight is 601 g/mol. The largest absolute Gasteiger partial charge is 0.507 e. The molecule has 1 amide bonds. The van der Waals surface area contributed by atoms with Gasteiger partial charge in [-0.25, -0.2) is 0 Å². The van der Waals surface area contributed by atoms with Crippen molar-refractivity contribution in [3.05, 3.63) is 95.1 Å². The van der Waals surface area contributed by atoms with Crippen molar-refractivity contribution in [1.82, 2.24) is 9.80 Å². The van der Waals surface area contributed by atoms with Crippen molar-refractivity contribution in [1.29, 1.82) is 0 Å². The first-order valence-electron chi connectivity index (χ1n) is 15.5. The summed E-state index contributed by atoms with van der Waals surface area (Å²) in [5.74, 6) is 0.170. The predicted octanol–water partition coefficient (Wildman–Crippen LogP) is 6.61. The van der Waals surface area contributed by atoms with Crippen molar-refractivity contribution in [3.8, 4) is 17.2 Å². The van der Waals surface area contributed by atoms with Gasteiger partial charge in [-0.1, -0.05) is 63.6 Å². The number of aliphatic hydroxyl groups excluding tert-OH is 1. The number of hydrogen-bond donors (Lipinski definition) is 1. The molecule has 0 aromatic heterocycles. The molecular weight excluding hydrogens is 556 g/mol. The van der Waals surface area contributed by atoms with Crippen LogP contribution in [0, 0.1) is 0 Å². The number of carbonyl (C=O) groups excluding carboxylic acids is 2. The molecule has 1 heterocycles. The summed E-state index contributed by atoms with van der Waals surface area (Å²) in [4.78, 5) is 30.9. The maximum absolute atomic E-state index is 13.5. The molecule has 0 radical (unpaired) electrons. The van der Waals surface area contributed by atoms with Crippen LogP contribution in [0.15, 0.2) is 78.4 Å². The summed E-state index contributed by atoms with van der Waals surface area (Å²) < 4.78 is 17.5. The minimum Gasteiger partial charge on any atom is -0.507 e. The maximum Gasteiger partial charge on any atom is 0.295 e. The Morgan fingerprint density at radius 2 is 1.61 bits per heavy atom. The van der Waals surface area contributed by atoms with Crippen LogP contribution in [-0.2, 0) is 16.2 Å². The van der Waals surface area contributed by atoms with Gasteiger partial charge in [0.2, 0.25) is 0 Å². The van der Waals surface area contributed by atoms with Crippen LogP contribution in [0.4, 0.5) is 0 Å². The Labute approximate surface area is 260 Å². The van der Waals surface area contributed by atoms with Crippen LogP contribution in [0.25, 0.3) is 5.76 Å². The number of carbonyl (C=O) groups is 2. The van der Waals surface area contributed by atoms with E-state index >= 15 is 0 Å². The minimum absolute atomic E-state index is 0.0532. The summed E-state index contributed by atoms with van der Waals surface area (Å²) >= 11 is 0. The van der Waals surface area contributed by atoms with Gasteiger partial charge in [0.1, 0.15) is 18.1 Å². The third kappa shape index (κ3) is 7.80. The Hall–Kier alpha value is -4.30. The highest BCUT2D eigenvalue weighted by atomic mass is 16.5. The van der Waals surface area contributed by atoms with Gasteiger partial charge in [-0.3, -0.25) is 9.59 Å². The Morgan fingerprint density at radius 3 is 2.27 bits per heavy atom. The predicted molar refractivity (Wildman–Crippen MR) is 172 cm³/mol. The number of unbranched alkanes of at least 4 members (excludes halogenated alkanes) is 1. The number of nitrogens with zero attached hydrogens (tertiary/aromatic N) is 2. The first-order chi connectivity index (χ1) is 21.4. The van der Waals surface area contributed by atoms with Crippen molar-refractivity contribution >= 4 is 17.4 Å². The topological polar surface area (TPSA) is 88.5 Å². The van der Waals surface area contributed by atoms with Gasteiger partial charge < -0.3 is 29.1 Å². The number of rotatable bonds is 16. The van der Waals surface area contributed by atoms with E-state index in [0.717, 1.165) is 38.0 Å². The van der Waals surface area contributed by atoms with Crippen molar-refractivity contribution < 1.29 is 28.9 Å². The third-order valence-corrected chi connectivity index (χ3v) is 7.94. The van der Waals surface area contributed by atoms with Crippen molar-refractivity contribution in [2.24, 2.45) is 0 Å². The lowest BCUT2D eigenvalue weighted by Crippen LogP contribution is -2.33. The van der Waals surface area contributed by atoms with Crippen LogP contribution < -0.4 is 14.2 Å². The van der Waals surface area contributed by atoms with E-state index in [4.69, 9.17) is 14.2 Å². The normalized spacial score (nSPS) is 16.0. The molecule has 3 aromatic carbocycles. The number of Topliss-reactive ketones (excluding diaryl/α,β-unsaturated/α-hetero) is 1. The maximum atomic E-state index is 13.5. The smallest absolute Gasteiger partial charge is 0.295 e. The molecule has 1 saturated heterocycles. The van der Waals surface area contributed by atoms with Crippen LogP contribution in [0.1, 0.15) is 62.8 Å². The first-order valence-corrected chi connectivity index (χ1v) is 15.5. The molecule has 0 aliphatic carbocycles. The summed E-state index contributed by atoms with van der Waals surface area (Å²) in [5, 5.41) is 11.5. The van der Waals surface area contributed by atoms with Crippen molar-refractivity contribution in [2.45, 2.75) is 52.7 Å². The highest BCUT2D eigenvalue weighted by Gasteiger charge is 2.46. The van der Waals surface area contributed by atoms with E-state index in [-0.39, 0.29) is 11.3 Å². The molecule has 1 aliphatic rings. The van der Waals surface area contributed by atoms with E-state index in [2.05, 4.69) is 25.7 Å². The molecule has 0 bridgehead atoms. The number of methoxy groups -OCH3 is 1. The van der Waals surface area contributed by atoms with Crippen molar-refractivity contribution in [2.75, 3.05) is 39.9 Å². The van der Waals surface area contributed by atoms with Gasteiger partial charge in [0.25, 0.3) is 11.7 Å². The molecule has 4 rings (SSSR count). The van der Waals surface area contributed by atoms with Gasteiger partial charge in [0.05, 0.1) is 25.3 Å². The number of amides is 1. The number of ether oxygens (including phenoxy) is 3. The van der Waals surface area contributed by atoms with E-state index in [1.807, 2.05) is 36.4 Å². The number of likely N-dealkylation sites (tertiary alicyclic amines) is 1. The zero-order valence-corrected chi connectivity index (χ0v) is 26.3. The van der Waals surface area contributed by atoms with Crippen LogP contribution in [0.2, 0.25) is 0 Å². The fourth-order valence-corrected chi connectivity index (χ4v) is 5.37. The lowest BCUT2D eigenvalue weighted by molar-refractivity contribution is -0.140. The number of aliphatic hydroxyl groups is 1. The summed E-state index contributed by atoms with van der Waals surface area (Å²) in [5.41, 5.74) is 2.18. The zero-order valence-electron chi connectivity index (χ0n) is 26.3. The Kier molecular flexibility index (Phi) is 11.8. The van der Waals surface area contributed by atoms with Crippen LogP contribution in [-0.4, -0.2) is 66.5 Å². The lowest BCUT2D eigenvalue weighted by atomic mass is 9.95. The molecule has 3 aromatic rings. The van der Waals surface area contributed by atoms with E-state index in [1.54, 1.807) is 48.4 Å². The van der Waals surface area contributed by atoms with E-state index in [9.17, 15) is 14.7 Å². The molecule has 0 saturated carbocycles. The van der Waals surface area contributed by atoms with Gasteiger partial charge in [0.15, 0.2) is 11.5 Å². The van der Waals surface area contributed by atoms with Gasteiger partial charge in [-0.15, -0.1) is 0 Å². The lowest BCUT2D eigenvalue weighted by Gasteiger charge is -2.27. The number of hydrogen-bond acceptors (Lipinski definition) is 7. The second-order valence-electron chi connectivity index (χ2n) is 10.8. The molecule has 8 heteroatoms. The van der Waals surface area contributed by atoms with E-state index in [0.29, 0.717) is 54.6 Å². The van der Waals surface area contributed by atoms with Gasteiger partial charge >= 0.3 is 0 Å². The number of benzene rings is 3. The van der Waals surface area contributed by atoms with E-state index in [1.165, 1.54) is 0 Å². The number of ketones is 1. The Balaban J connectivity index is 1.67. The molecule has 1 aliphatic heterocycles. The van der Waals surface area contributed by atoms with Crippen molar-refractivity contribution in [3.63, 3.8) is 0 Å². The summed E-state index contributed by atoms with van der Waals surface area (Å²) in [7, 11) is 1.56. The molecule has 1 atom stereocenters. The Bertz CT molecular complexity index is 1420. The minimum atomic E-state index is -0.778. The zero-order chi connectivity index (χ0) is 31.5. The quantitative estimate of drug-likeness (QED) is 0.0857.